The van der Waals surface area contributed by atoms with Crippen molar-refractivity contribution in [1.82, 2.24) is 18.5 Å². The summed E-state index contributed by atoms with van der Waals surface area (Å²) in [6.45, 7) is 7.47. The molecule has 1 aromatic heterocycles. The average molecular weight is 375 g/mol. The lowest BCUT2D eigenvalue weighted by atomic mass is 10.3. The number of morpholine rings is 1. The molecular formula is C15H26N4O3S2. The van der Waals surface area contributed by atoms with Crippen LogP contribution in [0.15, 0.2) is 5.38 Å². The third-order valence-electron chi connectivity index (χ3n) is 4.40. The van der Waals surface area contributed by atoms with Gasteiger partial charge >= 0.3 is 0 Å². The van der Waals surface area contributed by atoms with Crippen LogP contribution in [0.3, 0.4) is 0 Å². The first kappa shape index (κ1) is 18.2. The minimum atomic E-state index is -3.34. The number of rotatable bonds is 6. The number of thiazole rings is 1. The van der Waals surface area contributed by atoms with E-state index in [1.807, 2.05) is 0 Å². The van der Waals surface area contributed by atoms with E-state index in [1.54, 1.807) is 19.9 Å². The number of hydrogen-bond acceptors (Lipinski definition) is 6. The van der Waals surface area contributed by atoms with E-state index in [0.717, 1.165) is 38.2 Å². The second-order valence-corrected chi connectivity index (χ2v) is 9.05. The number of hydrogen-bond donors (Lipinski definition) is 0. The molecular weight excluding hydrogens is 348 g/mol. The molecule has 0 aromatic carbocycles. The molecule has 2 aliphatic rings. The van der Waals surface area contributed by atoms with Crippen molar-refractivity contribution in [3.8, 4) is 0 Å². The van der Waals surface area contributed by atoms with E-state index < -0.39 is 10.2 Å². The van der Waals surface area contributed by atoms with Crippen LogP contribution in [0.1, 0.15) is 24.0 Å². The molecule has 0 atom stereocenters. The Morgan fingerprint density at radius 2 is 1.79 bits per heavy atom. The van der Waals surface area contributed by atoms with Gasteiger partial charge in [-0.1, -0.05) is 6.92 Å². The van der Waals surface area contributed by atoms with Crippen molar-refractivity contribution in [3.63, 3.8) is 0 Å². The Morgan fingerprint density at radius 3 is 2.46 bits per heavy atom. The standard InChI is InChI=1S/C15H26N4O3S2/c1-2-3-15-16-14(13-23-15)12-17-4-6-18(7-5-17)24(20,21)19-8-10-22-11-9-19/h13H,2-12H2,1H3. The molecule has 136 valence electrons. The summed E-state index contributed by atoms with van der Waals surface area (Å²) in [7, 11) is -3.34. The summed E-state index contributed by atoms with van der Waals surface area (Å²) < 4.78 is 33.7. The summed E-state index contributed by atoms with van der Waals surface area (Å²) in [4.78, 5) is 6.95. The SMILES string of the molecule is CCCc1nc(CN2CCN(S(=O)(=O)N3CCOCC3)CC2)cs1. The molecule has 0 aliphatic carbocycles. The van der Waals surface area contributed by atoms with Crippen molar-refractivity contribution >= 4 is 21.5 Å². The van der Waals surface area contributed by atoms with Crippen LogP contribution in [0.25, 0.3) is 0 Å². The van der Waals surface area contributed by atoms with E-state index in [0.29, 0.717) is 39.4 Å². The Hall–Kier alpha value is -0.580. The molecule has 0 spiro atoms. The smallest absolute Gasteiger partial charge is 0.282 e. The fourth-order valence-corrected chi connectivity index (χ4v) is 5.49. The maximum atomic E-state index is 12.6. The average Bonchev–Trinajstić information content (AvgIpc) is 3.04. The largest absolute Gasteiger partial charge is 0.379 e. The molecule has 7 nitrogen and oxygen atoms in total. The Labute approximate surface area is 148 Å². The highest BCUT2D eigenvalue weighted by Gasteiger charge is 2.33. The fraction of sp³-hybridized carbons (Fsp3) is 0.800. The third kappa shape index (κ3) is 4.33. The summed E-state index contributed by atoms with van der Waals surface area (Å²) >= 11 is 1.72. The van der Waals surface area contributed by atoms with Gasteiger partial charge in [-0.05, 0) is 12.8 Å². The predicted octanol–water partition coefficient (Wildman–Crippen LogP) is 0.790. The number of aromatic nitrogens is 1. The maximum absolute atomic E-state index is 12.6. The molecule has 9 heteroatoms. The van der Waals surface area contributed by atoms with Crippen LogP contribution in [-0.4, -0.2) is 79.4 Å². The minimum absolute atomic E-state index is 0.460. The number of aryl methyl sites for hydroxylation is 1. The predicted molar refractivity (Wildman–Crippen MR) is 94.3 cm³/mol. The molecule has 1 aromatic rings. The van der Waals surface area contributed by atoms with Gasteiger partial charge in [0.2, 0.25) is 0 Å². The summed E-state index contributed by atoms with van der Waals surface area (Å²) in [6.07, 6.45) is 2.15. The molecule has 0 bridgehead atoms. The van der Waals surface area contributed by atoms with Crippen LogP contribution in [0.2, 0.25) is 0 Å². The lowest BCUT2D eigenvalue weighted by Gasteiger charge is -2.37. The number of nitrogens with zero attached hydrogens (tertiary/aromatic N) is 4. The second kappa shape index (κ2) is 8.20. The molecule has 3 rings (SSSR count). The highest BCUT2D eigenvalue weighted by Crippen LogP contribution is 2.17. The van der Waals surface area contributed by atoms with E-state index in [9.17, 15) is 8.42 Å². The first-order valence-electron chi connectivity index (χ1n) is 8.58. The van der Waals surface area contributed by atoms with Crippen molar-refractivity contribution in [2.24, 2.45) is 0 Å². The lowest BCUT2D eigenvalue weighted by Crippen LogP contribution is -2.54. The highest BCUT2D eigenvalue weighted by atomic mass is 32.2. The van der Waals surface area contributed by atoms with Gasteiger partial charge in [-0.25, -0.2) is 4.98 Å². The molecule has 2 saturated heterocycles. The third-order valence-corrected chi connectivity index (χ3v) is 7.40. The van der Waals surface area contributed by atoms with Gasteiger partial charge < -0.3 is 4.74 Å². The lowest BCUT2D eigenvalue weighted by molar-refractivity contribution is 0.0683. The quantitative estimate of drug-likeness (QED) is 0.737. The monoisotopic (exact) mass is 374 g/mol. The van der Waals surface area contributed by atoms with Gasteiger partial charge in [0, 0.05) is 51.2 Å². The molecule has 0 saturated carbocycles. The van der Waals surface area contributed by atoms with Gasteiger partial charge in [0.25, 0.3) is 10.2 Å². The zero-order chi connectivity index (χ0) is 17.0. The second-order valence-electron chi connectivity index (χ2n) is 6.18. The Bertz CT molecular complexity index is 620. The molecule has 24 heavy (non-hydrogen) atoms. The van der Waals surface area contributed by atoms with Gasteiger partial charge in [-0.15, -0.1) is 11.3 Å². The van der Waals surface area contributed by atoms with Gasteiger partial charge in [-0.2, -0.15) is 17.0 Å². The molecule has 0 N–H and O–H groups in total. The van der Waals surface area contributed by atoms with Crippen molar-refractivity contribution in [2.45, 2.75) is 26.3 Å². The van der Waals surface area contributed by atoms with E-state index in [4.69, 9.17) is 4.74 Å². The van der Waals surface area contributed by atoms with Crippen LogP contribution in [0.4, 0.5) is 0 Å². The van der Waals surface area contributed by atoms with E-state index >= 15 is 0 Å². The Balaban J connectivity index is 1.51. The normalized spacial score (nSPS) is 22.0. The Kier molecular flexibility index (Phi) is 6.22. The minimum Gasteiger partial charge on any atom is -0.379 e. The number of piperazine rings is 1. The maximum Gasteiger partial charge on any atom is 0.282 e. The Morgan fingerprint density at radius 1 is 1.12 bits per heavy atom. The summed E-state index contributed by atoms with van der Waals surface area (Å²) in [5.41, 5.74) is 1.10. The zero-order valence-electron chi connectivity index (χ0n) is 14.2. The van der Waals surface area contributed by atoms with Crippen LogP contribution in [0, 0.1) is 0 Å². The molecule has 0 unspecified atom stereocenters. The summed E-state index contributed by atoms with van der Waals surface area (Å²) in [5.74, 6) is 0. The first-order valence-corrected chi connectivity index (χ1v) is 10.9. The first-order chi connectivity index (χ1) is 11.6. The number of ether oxygens (including phenoxy) is 1. The zero-order valence-corrected chi connectivity index (χ0v) is 15.8. The van der Waals surface area contributed by atoms with Gasteiger partial charge in [0.1, 0.15) is 0 Å². The molecule has 3 heterocycles. The fourth-order valence-electron chi connectivity index (χ4n) is 3.04. The molecule has 2 fully saturated rings. The van der Waals surface area contributed by atoms with Crippen LogP contribution in [-0.2, 0) is 27.9 Å². The molecule has 2 aliphatic heterocycles. The highest BCUT2D eigenvalue weighted by molar-refractivity contribution is 7.86. The van der Waals surface area contributed by atoms with Crippen LogP contribution in [0.5, 0.6) is 0 Å². The van der Waals surface area contributed by atoms with E-state index in [1.165, 1.54) is 5.01 Å². The van der Waals surface area contributed by atoms with Crippen molar-refractivity contribution in [2.75, 3.05) is 52.5 Å². The van der Waals surface area contributed by atoms with Crippen molar-refractivity contribution in [3.05, 3.63) is 16.1 Å². The van der Waals surface area contributed by atoms with Gasteiger partial charge in [0.15, 0.2) is 0 Å². The molecule has 0 amide bonds. The van der Waals surface area contributed by atoms with Crippen molar-refractivity contribution < 1.29 is 13.2 Å². The summed E-state index contributed by atoms with van der Waals surface area (Å²) in [5, 5.41) is 3.32. The van der Waals surface area contributed by atoms with E-state index in [-0.39, 0.29) is 0 Å². The topological polar surface area (TPSA) is 66.0 Å². The summed E-state index contributed by atoms with van der Waals surface area (Å²) in [6, 6.07) is 0. The van der Waals surface area contributed by atoms with Gasteiger partial charge in [0.05, 0.1) is 23.9 Å². The van der Waals surface area contributed by atoms with Crippen molar-refractivity contribution in [1.29, 1.82) is 0 Å². The van der Waals surface area contributed by atoms with Crippen LogP contribution < -0.4 is 0 Å². The van der Waals surface area contributed by atoms with Gasteiger partial charge in [-0.3, -0.25) is 4.90 Å². The van der Waals surface area contributed by atoms with E-state index in [2.05, 4.69) is 22.2 Å². The van der Waals surface area contributed by atoms with Crippen LogP contribution >= 0.6 is 11.3 Å². The molecule has 0 radical (unpaired) electrons.